The number of rotatable bonds is 4. The van der Waals surface area contributed by atoms with Gasteiger partial charge in [0.2, 0.25) is 5.82 Å². The Hall–Kier alpha value is -3.44. The Morgan fingerprint density at radius 1 is 0.933 bits per heavy atom. The van der Waals surface area contributed by atoms with Gasteiger partial charge in [-0.05, 0) is 62.2 Å². The molecule has 4 rings (SSSR count). The molecular weight excluding hydrogens is 396 g/mol. The van der Waals surface area contributed by atoms with Gasteiger partial charge in [0, 0.05) is 16.3 Å². The quantitative estimate of drug-likeness (QED) is 0.459. The number of nitrogens with zero attached hydrogens (tertiary/aromatic N) is 3. The number of hydrogen-bond acceptors (Lipinski definition) is 3. The number of aryl methyl sites for hydroxylation is 3. The van der Waals surface area contributed by atoms with Crippen LogP contribution in [0, 0.1) is 20.8 Å². The Morgan fingerprint density at radius 3 is 2.40 bits per heavy atom. The van der Waals surface area contributed by atoms with E-state index in [-0.39, 0.29) is 11.7 Å². The van der Waals surface area contributed by atoms with E-state index >= 15 is 0 Å². The molecule has 0 aliphatic carbocycles. The van der Waals surface area contributed by atoms with Gasteiger partial charge in [-0.2, -0.15) is 0 Å². The van der Waals surface area contributed by atoms with Gasteiger partial charge in [-0.3, -0.25) is 4.79 Å². The highest BCUT2D eigenvalue weighted by atomic mass is 35.5. The van der Waals surface area contributed by atoms with Crippen LogP contribution in [-0.4, -0.2) is 20.7 Å². The van der Waals surface area contributed by atoms with Crippen molar-refractivity contribution in [1.82, 2.24) is 14.8 Å². The molecule has 5 nitrogen and oxygen atoms in total. The topological polar surface area (TPSA) is 59.8 Å². The number of aromatic nitrogens is 3. The van der Waals surface area contributed by atoms with Gasteiger partial charge < -0.3 is 5.32 Å². The standard InChI is InChI=1S/C24H21ClN4O/c1-15-6-4-8-18(12-15)23-27-22(28-29(23)20-9-5-7-16(2)13-20)24(30)26-21-14-19(25)11-10-17(21)3/h4-14H,1-3H3,(H,26,30). The summed E-state index contributed by atoms with van der Waals surface area (Å²) in [4.78, 5) is 17.5. The number of carbonyl (C=O) groups is 1. The fraction of sp³-hybridized carbons (Fsp3) is 0.125. The molecule has 0 fully saturated rings. The average molecular weight is 417 g/mol. The van der Waals surface area contributed by atoms with E-state index < -0.39 is 0 Å². The summed E-state index contributed by atoms with van der Waals surface area (Å²) < 4.78 is 1.71. The predicted octanol–water partition coefficient (Wildman–Crippen LogP) is 5.77. The zero-order chi connectivity index (χ0) is 21.3. The SMILES string of the molecule is Cc1cccc(-c2nc(C(=O)Nc3cc(Cl)ccc3C)nn2-c2cccc(C)c2)c1. The first-order valence-corrected chi connectivity index (χ1v) is 9.97. The van der Waals surface area contributed by atoms with E-state index in [4.69, 9.17) is 11.6 Å². The van der Waals surface area contributed by atoms with Crippen LogP contribution >= 0.6 is 11.6 Å². The van der Waals surface area contributed by atoms with Gasteiger partial charge in [-0.15, -0.1) is 5.10 Å². The lowest BCUT2D eigenvalue weighted by Crippen LogP contribution is -2.15. The van der Waals surface area contributed by atoms with Crippen LogP contribution in [0.3, 0.4) is 0 Å². The van der Waals surface area contributed by atoms with Crippen molar-refractivity contribution < 1.29 is 4.79 Å². The first-order chi connectivity index (χ1) is 14.4. The number of anilines is 1. The summed E-state index contributed by atoms with van der Waals surface area (Å²) in [5.74, 6) is 0.310. The van der Waals surface area contributed by atoms with E-state index in [0.717, 1.165) is 27.9 Å². The van der Waals surface area contributed by atoms with E-state index in [0.29, 0.717) is 16.5 Å². The lowest BCUT2D eigenvalue weighted by Gasteiger charge is -2.07. The molecule has 0 unspecified atom stereocenters. The van der Waals surface area contributed by atoms with Gasteiger partial charge in [0.25, 0.3) is 5.91 Å². The zero-order valence-electron chi connectivity index (χ0n) is 17.0. The highest BCUT2D eigenvalue weighted by Crippen LogP contribution is 2.24. The summed E-state index contributed by atoms with van der Waals surface area (Å²) in [7, 11) is 0. The maximum absolute atomic E-state index is 12.9. The molecule has 1 N–H and O–H groups in total. The van der Waals surface area contributed by atoms with Gasteiger partial charge in [0.15, 0.2) is 5.82 Å². The summed E-state index contributed by atoms with van der Waals surface area (Å²) in [5.41, 5.74) is 5.48. The van der Waals surface area contributed by atoms with Crippen LogP contribution in [0.2, 0.25) is 5.02 Å². The number of carbonyl (C=O) groups excluding carboxylic acids is 1. The first kappa shape index (κ1) is 19.9. The van der Waals surface area contributed by atoms with Crippen molar-refractivity contribution in [3.05, 3.63) is 94.3 Å². The Morgan fingerprint density at radius 2 is 1.67 bits per heavy atom. The van der Waals surface area contributed by atoms with Gasteiger partial charge in [-0.25, -0.2) is 9.67 Å². The Bertz CT molecular complexity index is 1180. The maximum atomic E-state index is 12.9. The molecule has 4 aromatic rings. The fourth-order valence-corrected chi connectivity index (χ4v) is 3.40. The minimum atomic E-state index is -0.388. The van der Waals surface area contributed by atoms with Crippen molar-refractivity contribution in [3.8, 4) is 17.1 Å². The van der Waals surface area contributed by atoms with E-state index in [1.807, 2.05) is 75.4 Å². The Balaban J connectivity index is 1.78. The molecule has 3 aromatic carbocycles. The van der Waals surface area contributed by atoms with Crippen molar-refractivity contribution in [2.75, 3.05) is 5.32 Å². The van der Waals surface area contributed by atoms with Crippen LogP contribution in [0.15, 0.2) is 66.7 Å². The molecule has 0 radical (unpaired) electrons. The normalized spacial score (nSPS) is 10.8. The molecule has 0 aliphatic rings. The maximum Gasteiger partial charge on any atom is 0.295 e. The average Bonchev–Trinajstić information content (AvgIpc) is 3.16. The third-order valence-electron chi connectivity index (χ3n) is 4.78. The van der Waals surface area contributed by atoms with Crippen LogP contribution < -0.4 is 5.32 Å². The number of halogens is 1. The lowest BCUT2D eigenvalue weighted by atomic mass is 10.1. The van der Waals surface area contributed by atoms with Crippen molar-refractivity contribution in [1.29, 1.82) is 0 Å². The van der Waals surface area contributed by atoms with Gasteiger partial charge in [-0.1, -0.05) is 53.6 Å². The highest BCUT2D eigenvalue weighted by molar-refractivity contribution is 6.31. The second kappa shape index (κ2) is 8.13. The van der Waals surface area contributed by atoms with Crippen LogP contribution in [-0.2, 0) is 0 Å². The van der Waals surface area contributed by atoms with Crippen molar-refractivity contribution >= 4 is 23.2 Å². The number of hydrogen-bond donors (Lipinski definition) is 1. The lowest BCUT2D eigenvalue weighted by molar-refractivity contribution is 0.101. The summed E-state index contributed by atoms with van der Waals surface area (Å²) >= 11 is 6.08. The van der Waals surface area contributed by atoms with E-state index in [1.54, 1.807) is 16.8 Å². The molecule has 6 heteroatoms. The zero-order valence-corrected chi connectivity index (χ0v) is 17.7. The van der Waals surface area contributed by atoms with Gasteiger partial charge >= 0.3 is 0 Å². The molecule has 0 saturated carbocycles. The summed E-state index contributed by atoms with van der Waals surface area (Å²) in [6.45, 7) is 5.94. The number of nitrogens with one attached hydrogen (secondary N) is 1. The number of benzene rings is 3. The van der Waals surface area contributed by atoms with Gasteiger partial charge in [0.1, 0.15) is 0 Å². The molecule has 0 spiro atoms. The third kappa shape index (κ3) is 4.11. The summed E-state index contributed by atoms with van der Waals surface area (Å²) in [6.07, 6.45) is 0. The van der Waals surface area contributed by atoms with E-state index in [2.05, 4.69) is 15.4 Å². The molecule has 30 heavy (non-hydrogen) atoms. The van der Waals surface area contributed by atoms with Crippen LogP contribution in [0.4, 0.5) is 5.69 Å². The van der Waals surface area contributed by atoms with Gasteiger partial charge in [0.05, 0.1) is 5.69 Å². The second-order valence-electron chi connectivity index (χ2n) is 7.29. The van der Waals surface area contributed by atoms with Crippen molar-refractivity contribution in [2.45, 2.75) is 20.8 Å². The number of amides is 1. The van der Waals surface area contributed by atoms with Crippen molar-refractivity contribution in [2.24, 2.45) is 0 Å². The molecule has 0 saturated heterocycles. The summed E-state index contributed by atoms with van der Waals surface area (Å²) in [5, 5.41) is 7.96. The molecular formula is C24H21ClN4O. The van der Waals surface area contributed by atoms with Crippen molar-refractivity contribution in [3.63, 3.8) is 0 Å². The van der Waals surface area contributed by atoms with Crippen LogP contribution in [0.25, 0.3) is 17.1 Å². The molecule has 0 bridgehead atoms. The van der Waals surface area contributed by atoms with Crippen LogP contribution in [0.5, 0.6) is 0 Å². The largest absolute Gasteiger partial charge is 0.319 e. The Labute approximate surface area is 180 Å². The van der Waals surface area contributed by atoms with E-state index in [1.165, 1.54) is 0 Å². The molecule has 0 atom stereocenters. The van der Waals surface area contributed by atoms with E-state index in [9.17, 15) is 4.79 Å². The first-order valence-electron chi connectivity index (χ1n) is 9.59. The predicted molar refractivity (Wildman–Crippen MR) is 120 cm³/mol. The molecule has 150 valence electrons. The smallest absolute Gasteiger partial charge is 0.295 e. The minimum Gasteiger partial charge on any atom is -0.319 e. The minimum absolute atomic E-state index is 0.0902. The molecule has 1 amide bonds. The van der Waals surface area contributed by atoms with Crippen LogP contribution in [0.1, 0.15) is 27.3 Å². The second-order valence-corrected chi connectivity index (χ2v) is 7.73. The monoisotopic (exact) mass is 416 g/mol. The highest BCUT2D eigenvalue weighted by Gasteiger charge is 2.19. The third-order valence-corrected chi connectivity index (χ3v) is 5.02. The molecule has 0 aliphatic heterocycles. The Kier molecular flexibility index (Phi) is 5.38. The molecule has 1 heterocycles. The molecule has 1 aromatic heterocycles. The summed E-state index contributed by atoms with van der Waals surface area (Å²) in [6, 6.07) is 21.3. The fourth-order valence-electron chi connectivity index (χ4n) is 3.23.